The van der Waals surface area contributed by atoms with E-state index in [2.05, 4.69) is 44.3 Å². The van der Waals surface area contributed by atoms with Crippen molar-refractivity contribution in [3.8, 4) is 5.75 Å². The Hall–Kier alpha value is -1.28. The van der Waals surface area contributed by atoms with Crippen LogP contribution in [0.5, 0.6) is 5.75 Å². The van der Waals surface area contributed by atoms with E-state index in [1.54, 1.807) is 7.11 Å². The van der Waals surface area contributed by atoms with Gasteiger partial charge in [0.1, 0.15) is 5.75 Å². The van der Waals surface area contributed by atoms with Crippen molar-refractivity contribution in [2.75, 3.05) is 13.7 Å². The summed E-state index contributed by atoms with van der Waals surface area (Å²) in [6, 6.07) is 8.84. The monoisotopic (exact) mass is 247 g/mol. The van der Waals surface area contributed by atoms with Gasteiger partial charge in [0.05, 0.1) is 7.11 Å². The molecular formula is C16H25NO. The smallest absolute Gasteiger partial charge is 0.119 e. The molecule has 1 aromatic rings. The first-order chi connectivity index (χ1) is 8.61. The minimum absolute atomic E-state index is 0.567. The molecular weight excluding hydrogens is 222 g/mol. The number of hydrogen-bond donors (Lipinski definition) is 1. The van der Waals surface area contributed by atoms with E-state index in [0.29, 0.717) is 6.04 Å². The van der Waals surface area contributed by atoms with E-state index in [-0.39, 0.29) is 0 Å². The van der Waals surface area contributed by atoms with Gasteiger partial charge in [0, 0.05) is 6.04 Å². The van der Waals surface area contributed by atoms with Gasteiger partial charge in [-0.3, -0.25) is 0 Å². The fourth-order valence-electron chi connectivity index (χ4n) is 1.87. The summed E-state index contributed by atoms with van der Waals surface area (Å²) in [6.07, 6.45) is 4.40. The van der Waals surface area contributed by atoms with Gasteiger partial charge in [-0.15, -0.1) is 0 Å². The highest BCUT2D eigenvalue weighted by atomic mass is 16.5. The third kappa shape index (κ3) is 5.87. The Morgan fingerprint density at radius 3 is 2.83 bits per heavy atom. The lowest BCUT2D eigenvalue weighted by Crippen LogP contribution is -2.23. The van der Waals surface area contributed by atoms with Crippen LogP contribution in [0.4, 0.5) is 0 Å². The van der Waals surface area contributed by atoms with Crippen LogP contribution in [-0.4, -0.2) is 19.7 Å². The van der Waals surface area contributed by atoms with E-state index in [4.69, 9.17) is 4.74 Å². The van der Waals surface area contributed by atoms with Crippen molar-refractivity contribution in [1.29, 1.82) is 0 Å². The van der Waals surface area contributed by atoms with Crippen molar-refractivity contribution in [2.24, 2.45) is 0 Å². The summed E-state index contributed by atoms with van der Waals surface area (Å²) in [7, 11) is 1.71. The maximum atomic E-state index is 5.23. The lowest BCUT2D eigenvalue weighted by Gasteiger charge is -2.07. The van der Waals surface area contributed by atoms with E-state index in [0.717, 1.165) is 25.1 Å². The first-order valence-corrected chi connectivity index (χ1v) is 6.63. The van der Waals surface area contributed by atoms with E-state index < -0.39 is 0 Å². The second-order valence-electron chi connectivity index (χ2n) is 4.98. The quantitative estimate of drug-likeness (QED) is 0.587. The molecule has 0 radical (unpaired) electrons. The molecule has 0 spiro atoms. The summed E-state index contributed by atoms with van der Waals surface area (Å²) in [6.45, 7) is 7.58. The number of nitrogens with one attached hydrogen (secondary N) is 1. The zero-order chi connectivity index (χ0) is 13.4. The highest BCUT2D eigenvalue weighted by molar-refractivity contribution is 5.30. The molecule has 0 fully saturated rings. The Balaban J connectivity index is 2.42. The molecule has 0 unspecified atom stereocenters. The van der Waals surface area contributed by atoms with Crippen molar-refractivity contribution in [2.45, 2.75) is 39.7 Å². The molecule has 2 nitrogen and oxygen atoms in total. The Morgan fingerprint density at radius 1 is 1.39 bits per heavy atom. The van der Waals surface area contributed by atoms with Gasteiger partial charge in [-0.05, 0) is 44.0 Å². The van der Waals surface area contributed by atoms with Crippen LogP contribution >= 0.6 is 0 Å². The summed E-state index contributed by atoms with van der Waals surface area (Å²) >= 11 is 0. The van der Waals surface area contributed by atoms with Crippen molar-refractivity contribution in [3.05, 3.63) is 41.5 Å². The Morgan fingerprint density at radius 2 is 2.17 bits per heavy atom. The zero-order valence-corrected chi connectivity index (χ0v) is 12.0. The van der Waals surface area contributed by atoms with Crippen LogP contribution in [0, 0.1) is 0 Å². The van der Waals surface area contributed by atoms with Gasteiger partial charge in [0.15, 0.2) is 0 Å². The molecule has 1 rings (SSSR count). The second kappa shape index (κ2) is 7.93. The SMILES string of the molecule is COc1cccc(CC(C)=CCCNC(C)C)c1. The molecule has 0 aromatic heterocycles. The summed E-state index contributed by atoms with van der Waals surface area (Å²) < 4.78 is 5.23. The number of allylic oxidation sites excluding steroid dienone is 1. The van der Waals surface area contributed by atoms with Gasteiger partial charge in [-0.1, -0.05) is 37.6 Å². The number of ether oxygens (including phenoxy) is 1. The van der Waals surface area contributed by atoms with Gasteiger partial charge in [-0.25, -0.2) is 0 Å². The van der Waals surface area contributed by atoms with Crippen molar-refractivity contribution < 1.29 is 4.74 Å². The largest absolute Gasteiger partial charge is 0.497 e. The average Bonchev–Trinajstić information content (AvgIpc) is 2.34. The highest BCUT2D eigenvalue weighted by Gasteiger charge is 1.97. The predicted molar refractivity (Wildman–Crippen MR) is 78.2 cm³/mol. The summed E-state index contributed by atoms with van der Waals surface area (Å²) in [5.41, 5.74) is 2.72. The molecule has 1 N–H and O–H groups in total. The highest BCUT2D eigenvalue weighted by Crippen LogP contribution is 2.15. The zero-order valence-electron chi connectivity index (χ0n) is 12.0. The van der Waals surface area contributed by atoms with E-state index in [1.807, 2.05) is 12.1 Å². The van der Waals surface area contributed by atoms with Crippen molar-refractivity contribution in [1.82, 2.24) is 5.32 Å². The lowest BCUT2D eigenvalue weighted by atomic mass is 10.1. The molecule has 0 amide bonds. The Bertz CT molecular complexity index is 382. The maximum Gasteiger partial charge on any atom is 0.119 e. The molecule has 18 heavy (non-hydrogen) atoms. The topological polar surface area (TPSA) is 21.3 Å². The Kier molecular flexibility index (Phi) is 6.51. The van der Waals surface area contributed by atoms with Crippen LogP contribution in [0.15, 0.2) is 35.9 Å². The number of hydrogen-bond acceptors (Lipinski definition) is 2. The third-order valence-corrected chi connectivity index (χ3v) is 2.81. The van der Waals surface area contributed by atoms with Crippen molar-refractivity contribution in [3.63, 3.8) is 0 Å². The van der Waals surface area contributed by atoms with Crippen LogP contribution in [0.2, 0.25) is 0 Å². The molecule has 0 bridgehead atoms. The molecule has 0 heterocycles. The van der Waals surface area contributed by atoms with Gasteiger partial charge in [0.2, 0.25) is 0 Å². The first-order valence-electron chi connectivity index (χ1n) is 6.63. The molecule has 1 aromatic carbocycles. The minimum atomic E-state index is 0.567. The Labute approximate surface area is 111 Å². The van der Waals surface area contributed by atoms with Gasteiger partial charge >= 0.3 is 0 Å². The molecule has 0 saturated heterocycles. The summed E-state index contributed by atoms with van der Waals surface area (Å²) in [5.74, 6) is 0.932. The number of benzene rings is 1. The van der Waals surface area contributed by atoms with E-state index in [1.165, 1.54) is 11.1 Å². The summed E-state index contributed by atoms with van der Waals surface area (Å²) in [5, 5.41) is 3.42. The fraction of sp³-hybridized carbons (Fsp3) is 0.500. The number of methoxy groups -OCH3 is 1. The van der Waals surface area contributed by atoms with Gasteiger partial charge < -0.3 is 10.1 Å². The average molecular weight is 247 g/mol. The second-order valence-corrected chi connectivity index (χ2v) is 4.98. The molecule has 0 aliphatic carbocycles. The molecule has 100 valence electrons. The molecule has 2 heteroatoms. The van der Waals surface area contributed by atoms with Crippen molar-refractivity contribution >= 4 is 0 Å². The number of rotatable bonds is 7. The van der Waals surface area contributed by atoms with E-state index in [9.17, 15) is 0 Å². The summed E-state index contributed by atoms with van der Waals surface area (Å²) in [4.78, 5) is 0. The van der Waals surface area contributed by atoms with Gasteiger partial charge in [0.25, 0.3) is 0 Å². The predicted octanol–water partition coefficient (Wildman–Crippen LogP) is 3.57. The van der Waals surface area contributed by atoms with E-state index >= 15 is 0 Å². The van der Waals surface area contributed by atoms with Gasteiger partial charge in [-0.2, -0.15) is 0 Å². The molecule has 0 saturated carbocycles. The molecule has 0 aliphatic rings. The standard InChI is InChI=1S/C16H25NO/c1-13(2)17-10-6-7-14(3)11-15-8-5-9-16(12-15)18-4/h5,7-9,12-13,17H,6,10-11H2,1-4H3. The van der Waals surface area contributed by atoms with Crippen LogP contribution in [0.3, 0.4) is 0 Å². The molecule has 0 atom stereocenters. The maximum absolute atomic E-state index is 5.23. The normalized spacial score (nSPS) is 11.9. The van der Waals surface area contributed by atoms with Crippen LogP contribution in [0.25, 0.3) is 0 Å². The minimum Gasteiger partial charge on any atom is -0.497 e. The lowest BCUT2D eigenvalue weighted by molar-refractivity contribution is 0.414. The van der Waals surface area contributed by atoms with Crippen LogP contribution in [0.1, 0.15) is 32.8 Å². The fourth-order valence-corrected chi connectivity index (χ4v) is 1.87. The molecule has 0 aliphatic heterocycles. The third-order valence-electron chi connectivity index (χ3n) is 2.81. The van der Waals surface area contributed by atoms with Crippen LogP contribution < -0.4 is 10.1 Å². The van der Waals surface area contributed by atoms with Crippen LogP contribution in [-0.2, 0) is 6.42 Å². The first kappa shape index (κ1) is 14.8.